The Balaban J connectivity index is 1.89. The monoisotopic (exact) mass is 436 g/mol. The van der Waals surface area contributed by atoms with Gasteiger partial charge in [-0.25, -0.2) is 0 Å². The van der Waals surface area contributed by atoms with Crippen LogP contribution in [0.15, 0.2) is 24.3 Å². The molecule has 5 atom stereocenters. The molecule has 5 heteroatoms. The van der Waals surface area contributed by atoms with Crippen LogP contribution in [-0.2, 0) is 19.0 Å². The number of aliphatic hydroxyl groups is 1. The highest BCUT2D eigenvalue weighted by molar-refractivity contribution is 5.69. The van der Waals surface area contributed by atoms with Gasteiger partial charge in [-0.3, -0.25) is 4.79 Å². The standard InChI is InChI=1S/C26H44O5/c1-3-4-5-6-7-11-16-22-21(15-10-8-9-12-17-25(28)29-2)23(27)20-24(22)31-26-18-13-14-19-30-26/h8,10-11,16,21-24,26-27H,3-7,9,12-15,17-20H2,1-2H3/b10-8-,16-11-/t21-,22-,23+,24-,26?/m1/s1. The fourth-order valence-corrected chi connectivity index (χ4v) is 4.62. The van der Waals surface area contributed by atoms with Crippen LogP contribution in [0, 0.1) is 11.8 Å². The molecular formula is C26H44O5. The van der Waals surface area contributed by atoms with E-state index in [1.165, 1.54) is 32.8 Å². The molecule has 31 heavy (non-hydrogen) atoms. The number of methoxy groups -OCH3 is 1. The minimum atomic E-state index is -0.358. The Labute approximate surface area is 189 Å². The van der Waals surface area contributed by atoms with Crippen molar-refractivity contribution in [1.29, 1.82) is 0 Å². The SMILES string of the molecule is CCCCCC/C=C\[C@@H]1[C@@H](C/C=C\CCCC(=O)OC)[C@@H](O)C[C@H]1OC1CCCCO1. The zero-order valence-corrected chi connectivity index (χ0v) is 19.7. The first-order chi connectivity index (χ1) is 15.2. The van der Waals surface area contributed by atoms with Crippen molar-refractivity contribution >= 4 is 5.97 Å². The second-order valence-corrected chi connectivity index (χ2v) is 8.97. The molecule has 0 aromatic heterocycles. The molecule has 0 aromatic rings. The number of hydrogen-bond acceptors (Lipinski definition) is 5. The summed E-state index contributed by atoms with van der Waals surface area (Å²) >= 11 is 0. The first kappa shape index (κ1) is 26.1. The van der Waals surface area contributed by atoms with Crippen molar-refractivity contribution in [3.8, 4) is 0 Å². The van der Waals surface area contributed by atoms with Crippen LogP contribution in [0.5, 0.6) is 0 Å². The summed E-state index contributed by atoms with van der Waals surface area (Å²) in [6.45, 7) is 3.01. The minimum absolute atomic E-state index is 0.0164. The van der Waals surface area contributed by atoms with Crippen LogP contribution in [0.25, 0.3) is 0 Å². The lowest BCUT2D eigenvalue weighted by Crippen LogP contribution is -2.30. The average Bonchev–Trinajstić information content (AvgIpc) is 3.07. The molecule has 5 nitrogen and oxygen atoms in total. The number of unbranched alkanes of at least 4 members (excludes halogenated alkanes) is 5. The first-order valence-electron chi connectivity index (χ1n) is 12.5. The predicted octanol–water partition coefficient (Wildman–Crippen LogP) is 5.71. The molecule has 1 unspecified atom stereocenters. The van der Waals surface area contributed by atoms with Crippen LogP contribution in [0.2, 0.25) is 0 Å². The van der Waals surface area contributed by atoms with E-state index in [9.17, 15) is 9.90 Å². The first-order valence-corrected chi connectivity index (χ1v) is 12.5. The Morgan fingerprint density at radius 1 is 1.10 bits per heavy atom. The molecule has 1 aliphatic carbocycles. The van der Waals surface area contributed by atoms with Crippen molar-refractivity contribution in [2.45, 2.75) is 109 Å². The second kappa shape index (κ2) is 15.6. The van der Waals surface area contributed by atoms with Gasteiger partial charge in [-0.1, -0.05) is 50.5 Å². The Hall–Kier alpha value is -1.17. The van der Waals surface area contributed by atoms with Crippen molar-refractivity contribution in [1.82, 2.24) is 0 Å². The molecule has 1 saturated heterocycles. The van der Waals surface area contributed by atoms with E-state index in [2.05, 4.69) is 36.0 Å². The van der Waals surface area contributed by atoms with E-state index in [1.54, 1.807) is 0 Å². The van der Waals surface area contributed by atoms with Gasteiger partial charge in [0.1, 0.15) is 0 Å². The maximum atomic E-state index is 11.2. The third kappa shape index (κ3) is 9.88. The highest BCUT2D eigenvalue weighted by Crippen LogP contribution is 2.39. The number of ether oxygens (including phenoxy) is 3. The van der Waals surface area contributed by atoms with Crippen LogP contribution in [0.1, 0.15) is 90.4 Å². The molecule has 2 fully saturated rings. The van der Waals surface area contributed by atoms with Gasteiger partial charge in [0.05, 0.1) is 19.3 Å². The number of allylic oxidation sites excluding steroid dienone is 3. The maximum absolute atomic E-state index is 11.2. The fraction of sp³-hybridized carbons (Fsp3) is 0.808. The summed E-state index contributed by atoms with van der Waals surface area (Å²) < 4.78 is 16.8. The number of aliphatic hydroxyl groups excluding tert-OH is 1. The third-order valence-corrected chi connectivity index (χ3v) is 6.49. The second-order valence-electron chi connectivity index (χ2n) is 8.97. The largest absolute Gasteiger partial charge is 0.469 e. The van der Waals surface area contributed by atoms with E-state index in [0.717, 1.165) is 51.6 Å². The van der Waals surface area contributed by atoms with E-state index >= 15 is 0 Å². The van der Waals surface area contributed by atoms with E-state index in [1.807, 2.05) is 0 Å². The quantitative estimate of drug-likeness (QED) is 0.215. The van der Waals surface area contributed by atoms with Crippen LogP contribution in [0.3, 0.4) is 0 Å². The number of esters is 1. The fourth-order valence-electron chi connectivity index (χ4n) is 4.62. The van der Waals surface area contributed by atoms with E-state index in [4.69, 9.17) is 9.47 Å². The topological polar surface area (TPSA) is 65.0 Å². The van der Waals surface area contributed by atoms with Gasteiger partial charge >= 0.3 is 5.97 Å². The molecule has 1 saturated carbocycles. The summed E-state index contributed by atoms with van der Waals surface area (Å²) in [7, 11) is 1.42. The normalized spacial score (nSPS) is 29.2. The summed E-state index contributed by atoms with van der Waals surface area (Å²) in [5, 5.41) is 10.8. The lowest BCUT2D eigenvalue weighted by molar-refractivity contribution is -0.193. The molecule has 0 aromatic carbocycles. The number of carbonyl (C=O) groups excluding carboxylic acids is 1. The van der Waals surface area contributed by atoms with Gasteiger partial charge in [-0.15, -0.1) is 0 Å². The Bertz CT molecular complexity index is 538. The Morgan fingerprint density at radius 2 is 1.94 bits per heavy atom. The third-order valence-electron chi connectivity index (χ3n) is 6.49. The van der Waals surface area contributed by atoms with Gasteiger partial charge < -0.3 is 19.3 Å². The molecule has 0 radical (unpaired) electrons. The zero-order valence-electron chi connectivity index (χ0n) is 19.7. The van der Waals surface area contributed by atoms with Crippen molar-refractivity contribution in [2.75, 3.05) is 13.7 Å². The van der Waals surface area contributed by atoms with Crippen LogP contribution < -0.4 is 0 Å². The predicted molar refractivity (Wildman–Crippen MR) is 124 cm³/mol. The Morgan fingerprint density at radius 3 is 2.68 bits per heavy atom. The molecule has 0 amide bonds. The summed E-state index contributed by atoms with van der Waals surface area (Å²) in [6.07, 6.45) is 21.4. The van der Waals surface area contributed by atoms with E-state index in [-0.39, 0.29) is 36.3 Å². The summed E-state index contributed by atoms with van der Waals surface area (Å²) in [5.41, 5.74) is 0. The van der Waals surface area contributed by atoms with Crippen molar-refractivity contribution in [2.24, 2.45) is 11.8 Å². The van der Waals surface area contributed by atoms with Gasteiger partial charge in [-0.2, -0.15) is 0 Å². The average molecular weight is 437 g/mol. The smallest absolute Gasteiger partial charge is 0.305 e. The van der Waals surface area contributed by atoms with Crippen molar-refractivity contribution < 1.29 is 24.1 Å². The molecule has 2 aliphatic rings. The zero-order chi connectivity index (χ0) is 22.3. The number of carbonyl (C=O) groups is 1. The summed E-state index contributed by atoms with van der Waals surface area (Å²) in [5.74, 6) is 0.220. The summed E-state index contributed by atoms with van der Waals surface area (Å²) in [4.78, 5) is 11.2. The van der Waals surface area contributed by atoms with Crippen molar-refractivity contribution in [3.63, 3.8) is 0 Å². The maximum Gasteiger partial charge on any atom is 0.305 e. The molecule has 1 aliphatic heterocycles. The van der Waals surface area contributed by atoms with Gasteiger partial charge in [0, 0.05) is 25.4 Å². The van der Waals surface area contributed by atoms with Gasteiger partial charge in [0.15, 0.2) is 6.29 Å². The van der Waals surface area contributed by atoms with Gasteiger partial charge in [-0.05, 0) is 57.3 Å². The number of rotatable bonds is 14. The molecule has 2 rings (SSSR count). The van der Waals surface area contributed by atoms with E-state index < -0.39 is 0 Å². The minimum Gasteiger partial charge on any atom is -0.469 e. The highest BCUT2D eigenvalue weighted by atomic mass is 16.7. The van der Waals surface area contributed by atoms with Crippen LogP contribution in [0.4, 0.5) is 0 Å². The summed E-state index contributed by atoms with van der Waals surface area (Å²) in [6, 6.07) is 0. The Kier molecular flexibility index (Phi) is 13.1. The molecule has 0 spiro atoms. The molecule has 178 valence electrons. The van der Waals surface area contributed by atoms with Crippen molar-refractivity contribution in [3.05, 3.63) is 24.3 Å². The molecular weight excluding hydrogens is 392 g/mol. The number of hydrogen-bond donors (Lipinski definition) is 1. The highest BCUT2D eigenvalue weighted by Gasteiger charge is 2.42. The van der Waals surface area contributed by atoms with E-state index in [0.29, 0.717) is 12.8 Å². The van der Waals surface area contributed by atoms with Crippen LogP contribution >= 0.6 is 0 Å². The van der Waals surface area contributed by atoms with Gasteiger partial charge in [0.25, 0.3) is 0 Å². The molecule has 0 bridgehead atoms. The van der Waals surface area contributed by atoms with Gasteiger partial charge in [0.2, 0.25) is 0 Å². The van der Waals surface area contributed by atoms with Crippen LogP contribution in [-0.4, -0.2) is 43.3 Å². The lowest BCUT2D eigenvalue weighted by atomic mass is 9.89. The molecule has 1 heterocycles. The molecule has 1 N–H and O–H groups in total. The lowest BCUT2D eigenvalue weighted by Gasteiger charge is -2.29.